The van der Waals surface area contributed by atoms with E-state index in [9.17, 15) is 9.00 Å². The fourth-order valence-corrected chi connectivity index (χ4v) is 4.60. The van der Waals surface area contributed by atoms with Crippen LogP contribution in [0.3, 0.4) is 0 Å². The van der Waals surface area contributed by atoms with Gasteiger partial charge in [-0.3, -0.25) is 9.00 Å². The largest absolute Gasteiger partial charge is 0.497 e. The molecule has 0 saturated carbocycles. The first kappa shape index (κ1) is 18.7. The van der Waals surface area contributed by atoms with E-state index in [0.717, 1.165) is 28.3 Å². The highest BCUT2D eigenvalue weighted by Gasteiger charge is 2.28. The van der Waals surface area contributed by atoms with Crippen molar-refractivity contribution < 1.29 is 13.7 Å². The van der Waals surface area contributed by atoms with E-state index in [0.29, 0.717) is 22.3 Å². The molecule has 0 saturated heterocycles. The van der Waals surface area contributed by atoms with Crippen molar-refractivity contribution in [3.05, 3.63) is 70.4 Å². The molecule has 1 aromatic heterocycles. The third-order valence-electron chi connectivity index (χ3n) is 4.50. The molecule has 1 aliphatic rings. The Kier molecular flexibility index (Phi) is 5.19. The molecule has 4 rings (SSSR count). The zero-order chi connectivity index (χ0) is 19.7. The number of aromatic nitrogens is 2. The minimum absolute atomic E-state index is 0.172. The Balaban J connectivity index is 1.62. The average Bonchev–Trinajstić information content (AvgIpc) is 3.19. The van der Waals surface area contributed by atoms with Gasteiger partial charge in [-0.15, -0.1) is 0 Å². The Hall–Kier alpha value is -2.64. The molecule has 6 nitrogen and oxygen atoms in total. The van der Waals surface area contributed by atoms with E-state index in [2.05, 4.69) is 10.4 Å². The number of anilines is 1. The smallest absolute Gasteiger partial charge is 0.229 e. The van der Waals surface area contributed by atoms with Crippen LogP contribution in [0, 0.1) is 0 Å². The van der Waals surface area contributed by atoms with Gasteiger partial charge in [0.25, 0.3) is 0 Å². The highest BCUT2D eigenvalue weighted by molar-refractivity contribution is 7.83. The highest BCUT2D eigenvalue weighted by Crippen LogP contribution is 2.32. The number of hydrogen-bond donors (Lipinski definition) is 1. The average molecular weight is 416 g/mol. The maximum atomic E-state index is 12.7. The number of halogens is 1. The number of nitrogens with zero attached hydrogens (tertiary/aromatic N) is 2. The number of hydrogen-bond acceptors (Lipinski definition) is 4. The maximum Gasteiger partial charge on any atom is 0.229 e. The summed E-state index contributed by atoms with van der Waals surface area (Å²) >= 11 is 6.12. The van der Waals surface area contributed by atoms with Crippen molar-refractivity contribution in [2.24, 2.45) is 0 Å². The fourth-order valence-electron chi connectivity index (χ4n) is 3.16. The fraction of sp³-hybridized carbons (Fsp3) is 0.200. The summed E-state index contributed by atoms with van der Waals surface area (Å²) in [7, 11) is 0.609. The highest BCUT2D eigenvalue weighted by atomic mass is 35.5. The third kappa shape index (κ3) is 3.81. The molecule has 2 heterocycles. The summed E-state index contributed by atoms with van der Waals surface area (Å²) in [4.78, 5) is 12.7. The number of carbonyl (C=O) groups is 1. The summed E-state index contributed by atoms with van der Waals surface area (Å²) in [5.74, 6) is 1.90. The van der Waals surface area contributed by atoms with Gasteiger partial charge >= 0.3 is 0 Å². The summed E-state index contributed by atoms with van der Waals surface area (Å²) in [6.45, 7) is 0. The Bertz CT molecular complexity index is 1060. The normalized spacial score (nSPS) is 15.3. The van der Waals surface area contributed by atoms with E-state index < -0.39 is 10.8 Å². The molecule has 0 unspecified atom stereocenters. The first-order valence-corrected chi connectivity index (χ1v) is 10.5. The first-order chi connectivity index (χ1) is 13.5. The lowest BCUT2D eigenvalue weighted by Gasteiger charge is -2.11. The van der Waals surface area contributed by atoms with Gasteiger partial charge in [0.15, 0.2) is 0 Å². The van der Waals surface area contributed by atoms with Gasteiger partial charge in [-0.25, -0.2) is 4.68 Å². The summed E-state index contributed by atoms with van der Waals surface area (Å²) in [5.41, 5.74) is 3.18. The summed E-state index contributed by atoms with van der Waals surface area (Å²) in [6, 6.07) is 14.6. The second-order valence-corrected chi connectivity index (χ2v) is 8.36. The third-order valence-corrected chi connectivity index (χ3v) is 5.95. The molecule has 1 atom stereocenters. The lowest BCUT2D eigenvalue weighted by Crippen LogP contribution is -2.18. The Labute approximate surface area is 169 Å². The van der Waals surface area contributed by atoms with Crippen LogP contribution in [0.4, 0.5) is 5.82 Å². The van der Waals surface area contributed by atoms with E-state index in [1.165, 1.54) is 0 Å². The molecule has 144 valence electrons. The lowest BCUT2D eigenvalue weighted by atomic mass is 10.1. The van der Waals surface area contributed by atoms with E-state index >= 15 is 0 Å². The molecular formula is C20H18ClN3O3S. The molecule has 0 radical (unpaired) electrons. The van der Waals surface area contributed by atoms with Gasteiger partial charge in [0.05, 0.1) is 36.4 Å². The summed E-state index contributed by atoms with van der Waals surface area (Å²) in [5, 5.41) is 8.10. The van der Waals surface area contributed by atoms with Crippen molar-refractivity contribution in [2.45, 2.75) is 17.9 Å². The van der Waals surface area contributed by atoms with Gasteiger partial charge in [-0.2, -0.15) is 5.10 Å². The number of benzene rings is 2. The zero-order valence-electron chi connectivity index (χ0n) is 15.1. The molecule has 1 amide bonds. The number of nitrogens with one attached hydrogen (secondary N) is 1. The van der Waals surface area contributed by atoms with Crippen LogP contribution in [0.15, 0.2) is 48.5 Å². The Morgan fingerprint density at radius 2 is 2.04 bits per heavy atom. The topological polar surface area (TPSA) is 73.2 Å². The van der Waals surface area contributed by atoms with E-state index in [1.807, 2.05) is 36.4 Å². The van der Waals surface area contributed by atoms with Gasteiger partial charge in [0, 0.05) is 21.4 Å². The van der Waals surface area contributed by atoms with Gasteiger partial charge in [-0.05, 0) is 35.9 Å². The minimum atomic E-state index is -0.991. The number of fused-ring (bicyclic) bond motifs is 1. The van der Waals surface area contributed by atoms with Crippen molar-refractivity contribution in [3.63, 3.8) is 0 Å². The van der Waals surface area contributed by atoms with Gasteiger partial charge in [0.1, 0.15) is 11.6 Å². The standard InChI is InChI=1S/C20H18ClN3O3S/c1-27-16-7-5-13(6-8-16)9-19(25)22-20-17-11-28(26)12-18(17)23-24(20)15-4-2-3-14(21)10-15/h2-8,10H,9,11-12H2,1H3,(H,22,25)/t28-/m1/s1. The zero-order valence-corrected chi connectivity index (χ0v) is 16.7. The monoisotopic (exact) mass is 415 g/mol. The molecule has 0 spiro atoms. The predicted octanol–water partition coefficient (Wildman–Crippen LogP) is 3.48. The number of carbonyl (C=O) groups excluding carboxylic acids is 1. The Morgan fingerprint density at radius 1 is 1.25 bits per heavy atom. The van der Waals surface area contributed by atoms with Crippen LogP contribution in [0.5, 0.6) is 5.75 Å². The van der Waals surface area contributed by atoms with Gasteiger partial charge in [-0.1, -0.05) is 29.8 Å². The van der Waals surface area contributed by atoms with Crippen LogP contribution >= 0.6 is 11.6 Å². The molecule has 3 aromatic rings. The van der Waals surface area contributed by atoms with Crippen LogP contribution in [0.1, 0.15) is 16.8 Å². The minimum Gasteiger partial charge on any atom is -0.497 e. The van der Waals surface area contributed by atoms with Crippen LogP contribution in [0.25, 0.3) is 5.69 Å². The maximum absolute atomic E-state index is 12.7. The quantitative estimate of drug-likeness (QED) is 0.692. The van der Waals surface area contributed by atoms with Crippen LogP contribution in [-0.2, 0) is 33.5 Å². The van der Waals surface area contributed by atoms with Gasteiger partial charge < -0.3 is 10.1 Å². The van der Waals surface area contributed by atoms with E-state index in [1.54, 1.807) is 23.9 Å². The molecule has 1 aliphatic heterocycles. The second kappa shape index (κ2) is 7.77. The molecule has 1 N–H and O–H groups in total. The van der Waals surface area contributed by atoms with E-state index in [4.69, 9.17) is 16.3 Å². The Morgan fingerprint density at radius 3 is 2.75 bits per heavy atom. The molecule has 2 aromatic carbocycles. The van der Waals surface area contributed by atoms with Crippen molar-refractivity contribution >= 4 is 34.1 Å². The number of methoxy groups -OCH3 is 1. The number of amides is 1. The molecule has 8 heteroatoms. The SMILES string of the molecule is COc1ccc(CC(=O)Nc2c3c(nn2-c2cccc(Cl)c2)C[S@](=O)C3)cc1. The van der Waals surface area contributed by atoms with Crippen molar-refractivity contribution in [3.8, 4) is 11.4 Å². The number of rotatable bonds is 5. The summed E-state index contributed by atoms with van der Waals surface area (Å²) < 4.78 is 18.8. The van der Waals surface area contributed by atoms with Crippen molar-refractivity contribution in [1.82, 2.24) is 9.78 Å². The van der Waals surface area contributed by atoms with Gasteiger partial charge in [0.2, 0.25) is 5.91 Å². The lowest BCUT2D eigenvalue weighted by molar-refractivity contribution is -0.115. The molecule has 28 heavy (non-hydrogen) atoms. The summed E-state index contributed by atoms with van der Waals surface area (Å²) in [6.07, 6.45) is 0.211. The van der Waals surface area contributed by atoms with Crippen molar-refractivity contribution in [1.29, 1.82) is 0 Å². The van der Waals surface area contributed by atoms with Crippen molar-refractivity contribution in [2.75, 3.05) is 12.4 Å². The second-order valence-electron chi connectivity index (χ2n) is 6.47. The first-order valence-electron chi connectivity index (χ1n) is 8.68. The van der Waals surface area contributed by atoms with Crippen LogP contribution < -0.4 is 10.1 Å². The predicted molar refractivity (Wildman–Crippen MR) is 109 cm³/mol. The molecule has 0 aliphatic carbocycles. The molecular weight excluding hydrogens is 398 g/mol. The molecule has 0 bridgehead atoms. The number of ether oxygens (including phenoxy) is 1. The van der Waals surface area contributed by atoms with Crippen LogP contribution in [-0.4, -0.2) is 27.0 Å². The van der Waals surface area contributed by atoms with E-state index in [-0.39, 0.29) is 12.3 Å². The molecule has 0 fully saturated rings. The van der Waals surface area contributed by atoms with Crippen LogP contribution in [0.2, 0.25) is 5.02 Å².